The molecule has 2 aromatic carbocycles. The van der Waals surface area contributed by atoms with Crippen LogP contribution in [0, 0.1) is 22.7 Å². The van der Waals surface area contributed by atoms with E-state index in [9.17, 15) is 0 Å². The molecule has 0 radical (unpaired) electrons. The molecule has 0 aliphatic rings. The summed E-state index contributed by atoms with van der Waals surface area (Å²) in [5, 5.41) is 21.4. The maximum atomic E-state index is 8.92. The van der Waals surface area contributed by atoms with Crippen molar-refractivity contribution >= 4 is 38.9 Å². The zero-order chi connectivity index (χ0) is 13.8. The first-order valence-electron chi connectivity index (χ1n) is 5.30. The van der Waals surface area contributed by atoms with Crippen molar-refractivity contribution in [1.29, 1.82) is 10.5 Å². The van der Waals surface area contributed by atoms with Crippen LogP contribution in [0.4, 0.5) is 11.4 Å². The van der Waals surface area contributed by atoms with Crippen molar-refractivity contribution in [2.24, 2.45) is 0 Å². The highest BCUT2D eigenvalue weighted by atomic mass is 79.9. The quantitative estimate of drug-likeness (QED) is 0.875. The van der Waals surface area contributed by atoms with Gasteiger partial charge in [0.15, 0.2) is 0 Å². The zero-order valence-electron chi connectivity index (χ0n) is 9.61. The van der Waals surface area contributed by atoms with Gasteiger partial charge in [-0.3, -0.25) is 0 Å². The van der Waals surface area contributed by atoms with Crippen molar-refractivity contribution < 1.29 is 0 Å². The van der Waals surface area contributed by atoms with Crippen molar-refractivity contribution in [3.8, 4) is 12.1 Å². The summed E-state index contributed by atoms with van der Waals surface area (Å²) in [6.45, 7) is 0. The number of rotatable bonds is 2. The van der Waals surface area contributed by atoms with Crippen LogP contribution in [0.1, 0.15) is 11.1 Å². The van der Waals surface area contributed by atoms with Crippen molar-refractivity contribution in [2.45, 2.75) is 0 Å². The average Bonchev–Trinajstić information content (AvgIpc) is 2.40. The molecule has 2 aromatic rings. The molecule has 0 unspecified atom stereocenters. The molecular formula is C14H7BrClN3. The molecule has 5 heteroatoms. The Hall–Kier alpha value is -2.01. The third-order valence-electron chi connectivity index (χ3n) is 2.40. The third kappa shape index (κ3) is 3.26. The lowest BCUT2D eigenvalue weighted by Gasteiger charge is -2.09. The maximum Gasteiger partial charge on any atom is 0.0992 e. The lowest BCUT2D eigenvalue weighted by atomic mass is 10.2. The molecule has 0 aliphatic carbocycles. The van der Waals surface area contributed by atoms with Gasteiger partial charge in [-0.2, -0.15) is 10.5 Å². The van der Waals surface area contributed by atoms with E-state index in [1.54, 1.807) is 30.3 Å². The van der Waals surface area contributed by atoms with E-state index >= 15 is 0 Å². The first-order chi connectivity index (χ1) is 9.12. The molecule has 0 aliphatic heterocycles. The van der Waals surface area contributed by atoms with E-state index in [0.717, 1.165) is 10.2 Å². The molecule has 0 saturated heterocycles. The number of hydrogen-bond donors (Lipinski definition) is 1. The summed E-state index contributed by atoms with van der Waals surface area (Å²) in [4.78, 5) is 0. The molecule has 0 aromatic heterocycles. The summed E-state index contributed by atoms with van der Waals surface area (Å²) in [7, 11) is 0. The second-order valence-corrected chi connectivity index (χ2v) is 5.09. The van der Waals surface area contributed by atoms with Crippen LogP contribution in [0.2, 0.25) is 5.02 Å². The molecule has 2 rings (SSSR count). The highest BCUT2D eigenvalue weighted by molar-refractivity contribution is 9.10. The Kier molecular flexibility index (Phi) is 4.06. The molecule has 3 nitrogen and oxygen atoms in total. The van der Waals surface area contributed by atoms with Crippen molar-refractivity contribution in [1.82, 2.24) is 0 Å². The van der Waals surface area contributed by atoms with Gasteiger partial charge in [0.1, 0.15) is 0 Å². The number of anilines is 2. The number of nitrogens with zero attached hydrogens (tertiary/aromatic N) is 2. The second-order valence-electron chi connectivity index (χ2n) is 3.77. The van der Waals surface area contributed by atoms with Crippen molar-refractivity contribution in [2.75, 3.05) is 5.32 Å². The van der Waals surface area contributed by atoms with Gasteiger partial charge in [-0.15, -0.1) is 0 Å². The normalized spacial score (nSPS) is 9.47. The summed E-state index contributed by atoms with van der Waals surface area (Å²) < 4.78 is 0.793. The third-order valence-corrected chi connectivity index (χ3v) is 3.19. The average molecular weight is 333 g/mol. The first-order valence-corrected chi connectivity index (χ1v) is 6.47. The van der Waals surface area contributed by atoms with E-state index in [2.05, 4.69) is 33.4 Å². The van der Waals surface area contributed by atoms with Gasteiger partial charge in [-0.1, -0.05) is 27.5 Å². The summed E-state index contributed by atoms with van der Waals surface area (Å²) in [5.74, 6) is 0. The smallest absolute Gasteiger partial charge is 0.0992 e. The van der Waals surface area contributed by atoms with Gasteiger partial charge in [-0.25, -0.2) is 0 Å². The zero-order valence-corrected chi connectivity index (χ0v) is 12.0. The molecule has 1 N–H and O–H groups in total. The molecule has 92 valence electrons. The Morgan fingerprint density at radius 3 is 2.42 bits per heavy atom. The Morgan fingerprint density at radius 1 is 1.00 bits per heavy atom. The van der Waals surface area contributed by atoms with E-state index < -0.39 is 0 Å². The van der Waals surface area contributed by atoms with Gasteiger partial charge in [0, 0.05) is 10.2 Å². The van der Waals surface area contributed by atoms with E-state index in [4.69, 9.17) is 22.1 Å². The van der Waals surface area contributed by atoms with Crippen LogP contribution in [-0.2, 0) is 0 Å². The molecule has 0 fully saturated rings. The molecule has 0 saturated carbocycles. The van der Waals surface area contributed by atoms with E-state index in [1.807, 2.05) is 6.07 Å². The molecule has 0 amide bonds. The van der Waals surface area contributed by atoms with Gasteiger partial charge in [0.25, 0.3) is 0 Å². The lowest BCUT2D eigenvalue weighted by Crippen LogP contribution is -1.93. The maximum absolute atomic E-state index is 8.92. The largest absolute Gasteiger partial charge is 0.354 e. The van der Waals surface area contributed by atoms with Crippen molar-refractivity contribution in [3.05, 3.63) is 57.0 Å². The molecule has 0 bridgehead atoms. The highest BCUT2D eigenvalue weighted by Crippen LogP contribution is 2.28. The van der Waals surface area contributed by atoms with Crippen LogP contribution in [0.25, 0.3) is 0 Å². The number of benzene rings is 2. The Balaban J connectivity index is 2.39. The van der Waals surface area contributed by atoms with Crippen LogP contribution in [0.5, 0.6) is 0 Å². The van der Waals surface area contributed by atoms with E-state index in [0.29, 0.717) is 21.8 Å². The summed E-state index contributed by atoms with van der Waals surface area (Å²) in [5.41, 5.74) is 2.40. The van der Waals surface area contributed by atoms with Crippen molar-refractivity contribution in [3.63, 3.8) is 0 Å². The van der Waals surface area contributed by atoms with E-state index in [-0.39, 0.29) is 0 Å². The van der Waals surface area contributed by atoms with Crippen LogP contribution >= 0.6 is 27.5 Å². The molecular weight excluding hydrogens is 326 g/mol. The number of halogens is 2. The lowest BCUT2D eigenvalue weighted by molar-refractivity contribution is 1.45. The van der Waals surface area contributed by atoms with Gasteiger partial charge >= 0.3 is 0 Å². The SMILES string of the molecule is N#Cc1cc(Br)cc(Nc2cc(C#N)ccc2Cl)c1. The minimum atomic E-state index is 0.512. The van der Waals surface area contributed by atoms with Gasteiger partial charge < -0.3 is 5.32 Å². The Labute approximate surface area is 124 Å². The molecule has 0 heterocycles. The van der Waals surface area contributed by atoms with Crippen LogP contribution < -0.4 is 5.32 Å². The second kappa shape index (κ2) is 5.75. The molecule has 0 spiro atoms. The van der Waals surface area contributed by atoms with E-state index in [1.165, 1.54) is 0 Å². The number of hydrogen-bond acceptors (Lipinski definition) is 3. The molecule has 0 atom stereocenters. The number of nitriles is 2. The van der Waals surface area contributed by atoms with Crippen LogP contribution in [0.15, 0.2) is 40.9 Å². The van der Waals surface area contributed by atoms with Gasteiger partial charge in [0.2, 0.25) is 0 Å². The first kappa shape index (κ1) is 13.4. The predicted molar refractivity (Wildman–Crippen MR) is 78.3 cm³/mol. The molecule has 19 heavy (non-hydrogen) atoms. The monoisotopic (exact) mass is 331 g/mol. The van der Waals surface area contributed by atoms with Crippen LogP contribution in [-0.4, -0.2) is 0 Å². The minimum Gasteiger partial charge on any atom is -0.354 e. The topological polar surface area (TPSA) is 59.6 Å². The standard InChI is InChI=1S/C14H7BrClN3/c15-11-3-10(8-18)4-12(6-11)19-14-5-9(7-17)1-2-13(14)16/h1-6,19H. The fourth-order valence-corrected chi connectivity index (χ4v) is 2.23. The Morgan fingerprint density at radius 2 is 1.74 bits per heavy atom. The fraction of sp³-hybridized carbons (Fsp3) is 0. The van der Waals surface area contributed by atoms with Crippen LogP contribution in [0.3, 0.4) is 0 Å². The van der Waals surface area contributed by atoms with Gasteiger partial charge in [-0.05, 0) is 36.4 Å². The fourth-order valence-electron chi connectivity index (χ4n) is 1.57. The van der Waals surface area contributed by atoms with Gasteiger partial charge in [0.05, 0.1) is 34.0 Å². The summed E-state index contributed by atoms with van der Waals surface area (Å²) in [6.07, 6.45) is 0. The summed E-state index contributed by atoms with van der Waals surface area (Å²) >= 11 is 9.41. The summed E-state index contributed by atoms with van der Waals surface area (Å²) in [6, 6.07) is 14.4. The minimum absolute atomic E-state index is 0.512. The number of nitrogens with one attached hydrogen (secondary N) is 1. The highest BCUT2D eigenvalue weighted by Gasteiger charge is 2.04. The predicted octanol–water partition coefficient (Wildman–Crippen LogP) is 4.59. The Bertz CT molecular complexity index is 714.